The van der Waals surface area contributed by atoms with Gasteiger partial charge in [0.25, 0.3) is 0 Å². The number of nitrogens with zero attached hydrogens (tertiary/aromatic N) is 3. The molecule has 166 valence electrons. The Morgan fingerprint density at radius 3 is 2.58 bits per heavy atom. The number of nitrogens with one attached hydrogen (secondary N) is 2. The minimum atomic E-state index is -0.502. The number of ether oxygens (including phenoxy) is 1. The molecule has 0 spiro atoms. The van der Waals surface area contributed by atoms with Crippen LogP contribution in [0.15, 0.2) is 30.3 Å². The number of anilines is 1. The first-order valence-electron chi connectivity index (χ1n) is 10.4. The summed E-state index contributed by atoms with van der Waals surface area (Å²) in [6.45, 7) is 7.51. The number of amidine groups is 1. The van der Waals surface area contributed by atoms with Crippen LogP contribution in [-0.2, 0) is 4.74 Å². The van der Waals surface area contributed by atoms with Crippen molar-refractivity contribution in [3.05, 3.63) is 36.0 Å². The average molecular weight is 427 g/mol. The zero-order valence-corrected chi connectivity index (χ0v) is 18.2. The number of hydrogen-bond donors (Lipinski definition) is 4. The van der Waals surface area contributed by atoms with E-state index < -0.39 is 5.60 Å². The predicted octanol–water partition coefficient (Wildman–Crippen LogP) is 3.19. The molecule has 0 atom stereocenters. The number of phenols is 1. The largest absolute Gasteiger partial charge is 0.507 e. The summed E-state index contributed by atoms with van der Waals surface area (Å²) >= 11 is 0. The summed E-state index contributed by atoms with van der Waals surface area (Å²) in [4.78, 5) is 14.0. The number of piperidine rings is 1. The fourth-order valence-electron chi connectivity index (χ4n) is 3.45. The van der Waals surface area contributed by atoms with Gasteiger partial charge in [-0.3, -0.25) is 5.41 Å². The maximum absolute atomic E-state index is 12.2. The number of aromatic hydroxyl groups is 1. The Kier molecular flexibility index (Phi) is 6.62. The SMILES string of the molecule is CC(C)(C)OC(=O)N1CCC(CNc2cc(-c3ccccc3O)nnc2C(=N)N)CC1. The van der Waals surface area contributed by atoms with Crippen molar-refractivity contribution in [2.24, 2.45) is 11.7 Å². The Morgan fingerprint density at radius 2 is 1.97 bits per heavy atom. The Balaban J connectivity index is 1.65. The summed E-state index contributed by atoms with van der Waals surface area (Å²) in [6.07, 6.45) is 1.40. The van der Waals surface area contributed by atoms with Crippen molar-refractivity contribution in [1.29, 1.82) is 5.41 Å². The van der Waals surface area contributed by atoms with Gasteiger partial charge in [-0.2, -0.15) is 0 Å². The van der Waals surface area contributed by atoms with Gasteiger partial charge < -0.3 is 25.8 Å². The molecule has 9 nitrogen and oxygen atoms in total. The third kappa shape index (κ3) is 5.84. The molecule has 1 amide bonds. The summed E-state index contributed by atoms with van der Waals surface area (Å²) < 4.78 is 5.45. The van der Waals surface area contributed by atoms with Gasteiger partial charge in [0.15, 0.2) is 5.69 Å². The fourth-order valence-corrected chi connectivity index (χ4v) is 3.45. The number of rotatable bonds is 5. The normalized spacial score (nSPS) is 14.9. The van der Waals surface area contributed by atoms with E-state index in [0.717, 1.165) is 12.8 Å². The molecule has 9 heteroatoms. The van der Waals surface area contributed by atoms with Crippen molar-refractivity contribution in [1.82, 2.24) is 15.1 Å². The van der Waals surface area contributed by atoms with E-state index in [4.69, 9.17) is 15.9 Å². The van der Waals surface area contributed by atoms with Crippen LogP contribution in [0.1, 0.15) is 39.3 Å². The van der Waals surface area contributed by atoms with Crippen LogP contribution in [0.25, 0.3) is 11.3 Å². The van der Waals surface area contributed by atoms with E-state index >= 15 is 0 Å². The van der Waals surface area contributed by atoms with Gasteiger partial charge in [-0.1, -0.05) is 12.1 Å². The molecule has 5 N–H and O–H groups in total. The van der Waals surface area contributed by atoms with Gasteiger partial charge in [0.05, 0.1) is 11.4 Å². The van der Waals surface area contributed by atoms with Crippen LogP contribution in [0.3, 0.4) is 0 Å². The molecule has 1 aromatic heterocycles. The van der Waals surface area contributed by atoms with Gasteiger partial charge in [0, 0.05) is 25.2 Å². The first-order valence-corrected chi connectivity index (χ1v) is 10.4. The highest BCUT2D eigenvalue weighted by Crippen LogP contribution is 2.29. The Bertz CT molecular complexity index is 949. The molecule has 2 aromatic rings. The predicted molar refractivity (Wildman–Crippen MR) is 119 cm³/mol. The van der Waals surface area contributed by atoms with Gasteiger partial charge in [0.1, 0.15) is 17.2 Å². The summed E-state index contributed by atoms with van der Waals surface area (Å²) in [5, 5.41) is 29.4. The smallest absolute Gasteiger partial charge is 0.410 e. The maximum atomic E-state index is 12.2. The number of amides is 1. The maximum Gasteiger partial charge on any atom is 0.410 e. The molecular weight excluding hydrogens is 396 g/mol. The minimum absolute atomic E-state index is 0.104. The topological polar surface area (TPSA) is 137 Å². The quantitative estimate of drug-likeness (QED) is 0.425. The van der Waals surface area contributed by atoms with Crippen LogP contribution in [0.5, 0.6) is 5.75 Å². The molecular formula is C22H30N6O3. The van der Waals surface area contributed by atoms with Crippen molar-refractivity contribution >= 4 is 17.6 Å². The highest BCUT2D eigenvalue weighted by Gasteiger charge is 2.27. The van der Waals surface area contributed by atoms with E-state index in [-0.39, 0.29) is 23.4 Å². The second-order valence-corrected chi connectivity index (χ2v) is 8.71. The second kappa shape index (κ2) is 9.20. The van der Waals surface area contributed by atoms with E-state index in [0.29, 0.717) is 42.5 Å². The number of hydrogen-bond acceptors (Lipinski definition) is 7. The summed E-state index contributed by atoms with van der Waals surface area (Å²) in [5.74, 6) is 0.270. The molecule has 1 fully saturated rings. The monoisotopic (exact) mass is 426 g/mol. The summed E-state index contributed by atoms with van der Waals surface area (Å²) in [7, 11) is 0. The van der Waals surface area contributed by atoms with Gasteiger partial charge in [-0.05, 0) is 57.7 Å². The number of carbonyl (C=O) groups excluding carboxylic acids is 1. The summed E-state index contributed by atoms with van der Waals surface area (Å²) in [6, 6.07) is 8.62. The Hall–Kier alpha value is -3.36. The number of carbonyl (C=O) groups is 1. The van der Waals surface area contributed by atoms with Gasteiger partial charge in [-0.15, -0.1) is 10.2 Å². The van der Waals surface area contributed by atoms with Crippen molar-refractivity contribution in [3.63, 3.8) is 0 Å². The third-order valence-electron chi connectivity index (χ3n) is 5.08. The highest BCUT2D eigenvalue weighted by molar-refractivity contribution is 5.98. The molecule has 0 unspecified atom stereocenters. The lowest BCUT2D eigenvalue weighted by molar-refractivity contribution is 0.0188. The van der Waals surface area contributed by atoms with Crippen molar-refractivity contribution in [2.45, 2.75) is 39.2 Å². The number of likely N-dealkylation sites (tertiary alicyclic amines) is 1. The molecule has 1 aliphatic heterocycles. The molecule has 0 radical (unpaired) electrons. The second-order valence-electron chi connectivity index (χ2n) is 8.71. The average Bonchev–Trinajstić information content (AvgIpc) is 2.71. The van der Waals surface area contributed by atoms with E-state index in [1.165, 1.54) is 0 Å². The standard InChI is InChI=1S/C22H30N6O3/c1-22(2,3)31-21(30)28-10-8-14(9-11-28)13-25-17-12-16(26-27-19(17)20(23)24)15-6-4-5-7-18(15)29/h4-7,12,14,29H,8-11,13H2,1-3H3,(H3,23,24)(H,25,26). The number of para-hydroxylation sites is 1. The molecule has 1 saturated heterocycles. The summed E-state index contributed by atoms with van der Waals surface area (Å²) in [5.41, 5.74) is 7.08. The van der Waals surface area contributed by atoms with Crippen LogP contribution in [0.2, 0.25) is 0 Å². The number of nitrogens with two attached hydrogens (primary N) is 1. The lowest BCUT2D eigenvalue weighted by Gasteiger charge is -2.33. The molecule has 3 rings (SSSR count). The van der Waals surface area contributed by atoms with Gasteiger partial charge in [0.2, 0.25) is 0 Å². The number of aromatic nitrogens is 2. The van der Waals surface area contributed by atoms with Crippen LogP contribution in [0.4, 0.5) is 10.5 Å². The molecule has 1 aliphatic rings. The first-order chi connectivity index (χ1) is 14.6. The van der Waals surface area contributed by atoms with Crippen molar-refractivity contribution in [2.75, 3.05) is 25.0 Å². The van der Waals surface area contributed by atoms with Crippen LogP contribution in [-0.4, -0.2) is 57.4 Å². The molecule has 0 aliphatic carbocycles. The van der Waals surface area contributed by atoms with Gasteiger partial charge in [-0.25, -0.2) is 4.79 Å². The zero-order chi connectivity index (χ0) is 22.6. The highest BCUT2D eigenvalue weighted by atomic mass is 16.6. The fraction of sp³-hybridized carbons (Fsp3) is 0.455. The van der Waals surface area contributed by atoms with Crippen molar-refractivity contribution in [3.8, 4) is 17.0 Å². The van der Waals surface area contributed by atoms with Crippen LogP contribution < -0.4 is 11.1 Å². The molecule has 1 aromatic carbocycles. The molecule has 0 saturated carbocycles. The minimum Gasteiger partial charge on any atom is -0.507 e. The van der Waals surface area contributed by atoms with E-state index in [2.05, 4.69) is 15.5 Å². The first kappa shape index (κ1) is 22.3. The molecule has 0 bridgehead atoms. The van der Waals surface area contributed by atoms with E-state index in [1.54, 1.807) is 35.2 Å². The molecule has 31 heavy (non-hydrogen) atoms. The van der Waals surface area contributed by atoms with Gasteiger partial charge >= 0.3 is 6.09 Å². The Labute approximate surface area is 182 Å². The number of nitrogen functional groups attached to an aromatic ring is 1. The number of phenolic OH excluding ortho intramolecular Hbond substituents is 1. The van der Waals surface area contributed by atoms with E-state index in [1.807, 2.05) is 20.8 Å². The van der Waals surface area contributed by atoms with Crippen molar-refractivity contribution < 1.29 is 14.6 Å². The number of benzene rings is 1. The van der Waals surface area contributed by atoms with E-state index in [9.17, 15) is 9.90 Å². The lowest BCUT2D eigenvalue weighted by Crippen LogP contribution is -2.42. The zero-order valence-electron chi connectivity index (χ0n) is 18.2. The molecule has 2 heterocycles. The Morgan fingerprint density at radius 1 is 1.29 bits per heavy atom. The third-order valence-corrected chi connectivity index (χ3v) is 5.08. The van der Waals surface area contributed by atoms with Crippen LogP contribution >= 0.6 is 0 Å². The lowest BCUT2D eigenvalue weighted by atomic mass is 9.97. The van der Waals surface area contributed by atoms with Crippen LogP contribution in [0, 0.1) is 11.3 Å².